The smallest absolute Gasteiger partial charge is 0.241 e. The molecule has 1 atom stereocenters. The molecule has 0 heterocycles. The third-order valence-corrected chi connectivity index (χ3v) is 7.30. The van der Waals surface area contributed by atoms with Gasteiger partial charge in [-0.2, -0.15) is 4.72 Å². The lowest BCUT2D eigenvalue weighted by atomic mass is 9.99. The van der Waals surface area contributed by atoms with Crippen LogP contribution in [0.25, 0.3) is 0 Å². The van der Waals surface area contributed by atoms with E-state index in [0.29, 0.717) is 5.69 Å². The van der Waals surface area contributed by atoms with Crippen molar-refractivity contribution in [2.24, 2.45) is 5.92 Å². The number of nitrogens with one attached hydrogen (secondary N) is 2. The average Bonchev–Trinajstić information content (AvgIpc) is 2.78. The van der Waals surface area contributed by atoms with Crippen LogP contribution in [0.2, 0.25) is 0 Å². The van der Waals surface area contributed by atoms with E-state index in [1.807, 2.05) is 67.8 Å². The molecule has 3 rings (SSSR count). The molecule has 32 heavy (non-hydrogen) atoms. The van der Waals surface area contributed by atoms with Crippen LogP contribution in [0.15, 0.2) is 82.6 Å². The second-order valence-electron chi connectivity index (χ2n) is 7.88. The van der Waals surface area contributed by atoms with Crippen LogP contribution < -0.4 is 10.0 Å². The first kappa shape index (κ1) is 24.0. The molecule has 0 aromatic heterocycles. The van der Waals surface area contributed by atoms with Crippen molar-refractivity contribution in [3.63, 3.8) is 0 Å². The molecule has 5 nitrogen and oxygen atoms in total. The number of rotatable bonds is 8. The van der Waals surface area contributed by atoms with Crippen molar-refractivity contribution >= 4 is 33.4 Å². The van der Waals surface area contributed by atoms with Gasteiger partial charge in [0.05, 0.1) is 16.6 Å². The van der Waals surface area contributed by atoms with Gasteiger partial charge < -0.3 is 5.32 Å². The van der Waals surface area contributed by atoms with Crippen LogP contribution >= 0.6 is 11.8 Å². The van der Waals surface area contributed by atoms with E-state index in [-0.39, 0.29) is 16.7 Å². The molecule has 0 aliphatic carbocycles. The molecule has 0 saturated heterocycles. The summed E-state index contributed by atoms with van der Waals surface area (Å²) in [6, 6.07) is 21.5. The van der Waals surface area contributed by atoms with Gasteiger partial charge in [-0.15, -0.1) is 11.8 Å². The number of carbonyl (C=O) groups is 1. The standard InChI is InChI=1S/C25H28N2O3S2/c1-17(2)25(28)26-22-16-21(14-15-23(22)31-4)32(29,30)27-24(19-8-6-5-7-9-19)20-12-10-18(3)11-13-20/h5-17,24,27H,1-4H3,(H,26,28)/t24-/m1/s1. The maximum absolute atomic E-state index is 13.4. The zero-order valence-corrected chi connectivity index (χ0v) is 20.3. The summed E-state index contributed by atoms with van der Waals surface area (Å²) in [6.07, 6.45) is 1.88. The van der Waals surface area contributed by atoms with Gasteiger partial charge in [-0.3, -0.25) is 4.79 Å². The Morgan fingerprint density at radius 2 is 1.53 bits per heavy atom. The predicted molar refractivity (Wildman–Crippen MR) is 131 cm³/mol. The van der Waals surface area contributed by atoms with Crippen molar-refractivity contribution in [1.29, 1.82) is 0 Å². The van der Waals surface area contributed by atoms with Crippen LogP contribution in [0.3, 0.4) is 0 Å². The van der Waals surface area contributed by atoms with E-state index in [9.17, 15) is 13.2 Å². The van der Waals surface area contributed by atoms with Gasteiger partial charge in [-0.25, -0.2) is 8.42 Å². The van der Waals surface area contributed by atoms with Gasteiger partial charge >= 0.3 is 0 Å². The van der Waals surface area contributed by atoms with Crippen LogP contribution in [0.4, 0.5) is 5.69 Å². The number of anilines is 1. The van der Waals surface area contributed by atoms with E-state index < -0.39 is 16.1 Å². The Kier molecular flexibility index (Phi) is 7.77. The van der Waals surface area contributed by atoms with Crippen molar-refractivity contribution in [1.82, 2.24) is 4.72 Å². The maximum atomic E-state index is 13.4. The molecule has 0 bridgehead atoms. The molecule has 2 N–H and O–H groups in total. The van der Waals surface area contributed by atoms with E-state index in [4.69, 9.17) is 0 Å². The minimum atomic E-state index is -3.88. The molecule has 0 aliphatic heterocycles. The van der Waals surface area contributed by atoms with Crippen molar-refractivity contribution < 1.29 is 13.2 Å². The van der Waals surface area contributed by atoms with Crippen LogP contribution in [-0.2, 0) is 14.8 Å². The third-order valence-electron chi connectivity index (χ3n) is 5.08. The fraction of sp³-hybridized carbons (Fsp3) is 0.240. The van der Waals surface area contributed by atoms with Gasteiger partial charge in [0.25, 0.3) is 0 Å². The fourth-order valence-electron chi connectivity index (χ4n) is 3.19. The third kappa shape index (κ3) is 5.79. The summed E-state index contributed by atoms with van der Waals surface area (Å²) >= 11 is 1.45. The molecule has 168 valence electrons. The SMILES string of the molecule is CSc1ccc(S(=O)(=O)N[C@H](c2ccccc2)c2ccc(C)cc2)cc1NC(=O)C(C)C. The summed E-state index contributed by atoms with van der Waals surface area (Å²) in [6.45, 7) is 5.58. The first-order valence-electron chi connectivity index (χ1n) is 10.3. The lowest BCUT2D eigenvalue weighted by Gasteiger charge is -2.21. The van der Waals surface area contributed by atoms with E-state index in [2.05, 4.69) is 10.0 Å². The maximum Gasteiger partial charge on any atom is 0.241 e. The number of sulfonamides is 1. The second-order valence-corrected chi connectivity index (χ2v) is 10.4. The minimum Gasteiger partial charge on any atom is -0.325 e. The highest BCUT2D eigenvalue weighted by Gasteiger charge is 2.24. The van der Waals surface area contributed by atoms with Gasteiger partial charge in [0.2, 0.25) is 15.9 Å². The van der Waals surface area contributed by atoms with E-state index in [1.54, 1.807) is 26.0 Å². The molecule has 0 unspecified atom stereocenters. The molecule has 1 amide bonds. The minimum absolute atomic E-state index is 0.0994. The molecular formula is C25H28N2O3S2. The summed E-state index contributed by atoms with van der Waals surface area (Å²) < 4.78 is 29.6. The largest absolute Gasteiger partial charge is 0.325 e. The highest BCUT2D eigenvalue weighted by molar-refractivity contribution is 7.98. The summed E-state index contributed by atoms with van der Waals surface area (Å²) in [5.74, 6) is -0.378. The number of benzene rings is 3. The zero-order valence-electron chi connectivity index (χ0n) is 18.6. The number of hydrogen-bond donors (Lipinski definition) is 2. The van der Waals surface area contributed by atoms with Crippen LogP contribution in [0.1, 0.15) is 36.6 Å². The highest BCUT2D eigenvalue weighted by atomic mass is 32.2. The molecule has 0 radical (unpaired) electrons. The summed E-state index contributed by atoms with van der Waals surface area (Å²) in [4.78, 5) is 13.1. The molecule has 3 aromatic rings. The van der Waals surface area contributed by atoms with Gasteiger partial charge in [0.15, 0.2) is 0 Å². The normalized spacial score (nSPS) is 12.5. The quantitative estimate of drug-likeness (QED) is 0.435. The summed E-state index contributed by atoms with van der Waals surface area (Å²) in [5.41, 5.74) is 3.28. The van der Waals surface area contributed by atoms with Crippen LogP contribution in [0.5, 0.6) is 0 Å². The van der Waals surface area contributed by atoms with E-state index in [0.717, 1.165) is 21.6 Å². The van der Waals surface area contributed by atoms with Gasteiger partial charge in [-0.1, -0.05) is 74.0 Å². The van der Waals surface area contributed by atoms with E-state index >= 15 is 0 Å². The van der Waals surface area contributed by atoms with Crippen molar-refractivity contribution in [3.8, 4) is 0 Å². The van der Waals surface area contributed by atoms with Gasteiger partial charge in [-0.05, 0) is 42.5 Å². The second kappa shape index (κ2) is 10.3. The average molecular weight is 469 g/mol. The Bertz CT molecular complexity index is 1180. The summed E-state index contributed by atoms with van der Waals surface area (Å²) in [7, 11) is -3.88. The molecule has 3 aromatic carbocycles. The van der Waals surface area contributed by atoms with Crippen molar-refractivity contribution in [2.45, 2.75) is 36.6 Å². The molecule has 0 fully saturated rings. The monoisotopic (exact) mass is 468 g/mol. The Hall–Kier alpha value is -2.61. The molecular weight excluding hydrogens is 440 g/mol. The Morgan fingerprint density at radius 3 is 2.12 bits per heavy atom. The van der Waals surface area contributed by atoms with Crippen molar-refractivity contribution in [3.05, 3.63) is 89.5 Å². The number of aryl methyl sites for hydroxylation is 1. The topological polar surface area (TPSA) is 75.3 Å². The number of amides is 1. The number of hydrogen-bond acceptors (Lipinski definition) is 4. The van der Waals surface area contributed by atoms with Crippen LogP contribution in [-0.4, -0.2) is 20.6 Å². The van der Waals surface area contributed by atoms with Crippen molar-refractivity contribution in [2.75, 3.05) is 11.6 Å². The lowest BCUT2D eigenvalue weighted by molar-refractivity contribution is -0.118. The zero-order chi connectivity index (χ0) is 23.3. The molecule has 0 aliphatic rings. The first-order chi connectivity index (χ1) is 15.2. The van der Waals surface area contributed by atoms with Crippen LogP contribution in [0, 0.1) is 12.8 Å². The molecule has 0 saturated carbocycles. The lowest BCUT2D eigenvalue weighted by Crippen LogP contribution is -2.29. The van der Waals surface area contributed by atoms with E-state index in [1.165, 1.54) is 17.8 Å². The Labute approximate surface area is 194 Å². The fourth-order valence-corrected chi connectivity index (χ4v) is 4.96. The highest BCUT2D eigenvalue weighted by Crippen LogP contribution is 2.30. The number of thioether (sulfide) groups is 1. The Balaban J connectivity index is 1.99. The first-order valence-corrected chi connectivity index (χ1v) is 13.0. The molecule has 0 spiro atoms. The Morgan fingerprint density at radius 1 is 0.906 bits per heavy atom. The summed E-state index contributed by atoms with van der Waals surface area (Å²) in [5, 5.41) is 2.84. The van der Waals surface area contributed by atoms with Gasteiger partial charge in [0.1, 0.15) is 0 Å². The number of carbonyl (C=O) groups excluding carboxylic acids is 1. The predicted octanol–water partition coefficient (Wildman–Crippen LogP) is 5.38. The van der Waals surface area contributed by atoms with Gasteiger partial charge in [0, 0.05) is 10.8 Å². The molecule has 7 heteroatoms.